The van der Waals surface area contributed by atoms with Gasteiger partial charge in [-0.25, -0.2) is 13.2 Å². The van der Waals surface area contributed by atoms with Crippen LogP contribution < -0.4 is 16.1 Å². The van der Waals surface area contributed by atoms with Crippen molar-refractivity contribution in [3.05, 3.63) is 53.3 Å². The summed E-state index contributed by atoms with van der Waals surface area (Å²) in [5, 5.41) is 8.70. The van der Waals surface area contributed by atoms with Crippen LogP contribution in [-0.2, 0) is 6.42 Å². The molecule has 0 amide bonds. The Hall–Kier alpha value is -3.03. The standard InChI is InChI=1S/C16H13F3N4O/c1-2-8-3-6-12(11(18)7-8)21-14-9(4-5-10(17)13(14)19)15-22-23-16(20)24-15/h3-7,21H,2H2,1H3,(H2,20,23)/p+1. The predicted molar refractivity (Wildman–Crippen MR) is 81.9 cm³/mol. The van der Waals surface area contributed by atoms with Crippen LogP contribution >= 0.6 is 0 Å². The molecule has 0 bridgehead atoms. The smallest absolute Gasteiger partial charge is 0.367 e. The lowest BCUT2D eigenvalue weighted by atomic mass is 10.1. The van der Waals surface area contributed by atoms with Gasteiger partial charge in [-0.1, -0.05) is 13.0 Å². The zero-order valence-corrected chi connectivity index (χ0v) is 12.7. The lowest BCUT2D eigenvalue weighted by Gasteiger charge is -2.12. The first-order valence-electron chi connectivity index (χ1n) is 7.17. The molecule has 8 heteroatoms. The van der Waals surface area contributed by atoms with E-state index in [0.717, 1.165) is 11.6 Å². The number of nitrogens with one attached hydrogen (secondary N) is 2. The highest BCUT2D eigenvalue weighted by Gasteiger charge is 2.21. The van der Waals surface area contributed by atoms with Crippen LogP contribution in [0.5, 0.6) is 0 Å². The molecule has 3 aromatic rings. The Kier molecular flexibility index (Phi) is 4.11. The predicted octanol–water partition coefficient (Wildman–Crippen LogP) is 3.46. The number of halogens is 3. The van der Waals surface area contributed by atoms with Gasteiger partial charge in [-0.2, -0.15) is 0 Å². The van der Waals surface area contributed by atoms with Crippen molar-refractivity contribution in [1.29, 1.82) is 0 Å². The van der Waals surface area contributed by atoms with Gasteiger partial charge in [0.25, 0.3) is 5.89 Å². The molecule has 0 aliphatic rings. The van der Waals surface area contributed by atoms with Gasteiger partial charge in [0.05, 0.1) is 16.9 Å². The van der Waals surface area contributed by atoms with E-state index in [1.54, 1.807) is 6.07 Å². The molecule has 0 radical (unpaired) electrons. The van der Waals surface area contributed by atoms with Crippen LogP contribution in [0.1, 0.15) is 12.5 Å². The Morgan fingerprint density at radius 3 is 2.58 bits per heavy atom. The number of nitrogens with two attached hydrogens (primary N) is 1. The summed E-state index contributed by atoms with van der Waals surface area (Å²) in [7, 11) is 0. The van der Waals surface area contributed by atoms with E-state index in [1.807, 2.05) is 6.92 Å². The lowest BCUT2D eigenvalue weighted by molar-refractivity contribution is -0.437. The maximum absolute atomic E-state index is 14.2. The van der Waals surface area contributed by atoms with Gasteiger partial charge in [0.15, 0.2) is 11.6 Å². The first-order chi connectivity index (χ1) is 11.5. The number of rotatable bonds is 4. The summed E-state index contributed by atoms with van der Waals surface area (Å²) < 4.78 is 47.1. The van der Waals surface area contributed by atoms with Gasteiger partial charge in [0.2, 0.25) is 0 Å². The minimum Gasteiger partial charge on any atom is -0.367 e. The molecule has 0 atom stereocenters. The minimum absolute atomic E-state index is 0.00135. The summed E-state index contributed by atoms with van der Waals surface area (Å²) in [6.07, 6.45) is 0.655. The van der Waals surface area contributed by atoms with Crippen molar-refractivity contribution in [2.75, 3.05) is 11.1 Å². The molecular formula is C16H14F3N4O+. The maximum atomic E-state index is 14.2. The molecule has 5 nitrogen and oxygen atoms in total. The number of H-pyrrole nitrogens is 1. The van der Waals surface area contributed by atoms with Gasteiger partial charge in [-0.05, 0) is 41.3 Å². The highest BCUT2D eigenvalue weighted by Crippen LogP contribution is 2.34. The summed E-state index contributed by atoms with van der Waals surface area (Å²) in [6, 6.07) is 6.57. The third-order valence-corrected chi connectivity index (χ3v) is 3.50. The first kappa shape index (κ1) is 15.9. The third-order valence-electron chi connectivity index (χ3n) is 3.50. The second-order valence-electron chi connectivity index (χ2n) is 5.07. The van der Waals surface area contributed by atoms with E-state index < -0.39 is 17.5 Å². The second kappa shape index (κ2) is 6.23. The molecule has 1 aromatic heterocycles. The Bertz CT molecular complexity index is 895. The molecule has 4 N–H and O–H groups in total. The fraction of sp³-hybridized carbons (Fsp3) is 0.125. The Morgan fingerprint density at radius 1 is 1.17 bits per heavy atom. The van der Waals surface area contributed by atoms with E-state index in [4.69, 9.17) is 10.2 Å². The summed E-state index contributed by atoms with van der Waals surface area (Å²) in [4.78, 5) is 0. The SMILES string of the molecule is CCc1ccc(Nc2c(-c3n[nH+]c(N)o3)ccc(F)c2F)c(F)c1. The number of aromatic amines is 1. The highest BCUT2D eigenvalue weighted by atomic mass is 19.2. The van der Waals surface area contributed by atoms with Crippen molar-refractivity contribution in [3.8, 4) is 11.5 Å². The molecule has 0 spiro atoms. The number of aryl methyl sites for hydroxylation is 1. The number of hydrogen-bond acceptors (Lipinski definition) is 4. The van der Waals surface area contributed by atoms with Crippen LogP contribution in [0, 0.1) is 17.5 Å². The summed E-state index contributed by atoms with van der Waals surface area (Å²) in [5.74, 6) is -2.90. The molecule has 2 aromatic carbocycles. The Balaban J connectivity index is 2.08. The van der Waals surface area contributed by atoms with Crippen LogP contribution in [0.2, 0.25) is 0 Å². The molecule has 0 saturated heterocycles. The largest absolute Gasteiger partial charge is 0.472 e. The molecule has 0 aliphatic carbocycles. The number of nitrogen functional groups attached to an aromatic ring is 1. The number of hydrogen-bond donors (Lipinski definition) is 2. The molecule has 124 valence electrons. The van der Waals surface area contributed by atoms with E-state index in [2.05, 4.69) is 15.5 Å². The minimum atomic E-state index is -1.18. The monoisotopic (exact) mass is 335 g/mol. The first-order valence-corrected chi connectivity index (χ1v) is 7.17. The fourth-order valence-electron chi connectivity index (χ4n) is 2.24. The van der Waals surface area contributed by atoms with Crippen molar-refractivity contribution in [3.63, 3.8) is 0 Å². The molecule has 0 unspecified atom stereocenters. The lowest BCUT2D eigenvalue weighted by Crippen LogP contribution is -2.07. The molecule has 0 saturated carbocycles. The van der Waals surface area contributed by atoms with Crippen LogP contribution in [-0.4, -0.2) is 5.10 Å². The van der Waals surface area contributed by atoms with Crippen LogP contribution in [0.4, 0.5) is 30.6 Å². The molecule has 0 aliphatic heterocycles. The van der Waals surface area contributed by atoms with Gasteiger partial charge in [0, 0.05) is 0 Å². The van der Waals surface area contributed by atoms with Gasteiger partial charge < -0.3 is 9.73 Å². The highest BCUT2D eigenvalue weighted by molar-refractivity contribution is 5.77. The van der Waals surface area contributed by atoms with Gasteiger partial charge in [-0.3, -0.25) is 5.73 Å². The Morgan fingerprint density at radius 2 is 1.96 bits per heavy atom. The topological polar surface area (TPSA) is 78.2 Å². The average molecular weight is 335 g/mol. The van der Waals surface area contributed by atoms with Crippen molar-refractivity contribution >= 4 is 17.4 Å². The van der Waals surface area contributed by atoms with E-state index >= 15 is 0 Å². The van der Waals surface area contributed by atoms with Crippen LogP contribution in [0.25, 0.3) is 11.5 Å². The van der Waals surface area contributed by atoms with Crippen molar-refractivity contribution < 1.29 is 22.7 Å². The normalized spacial score (nSPS) is 10.8. The number of nitrogens with zero attached hydrogens (tertiary/aromatic N) is 1. The molecule has 3 rings (SSSR count). The number of anilines is 3. The van der Waals surface area contributed by atoms with E-state index in [-0.39, 0.29) is 28.8 Å². The second-order valence-corrected chi connectivity index (χ2v) is 5.07. The van der Waals surface area contributed by atoms with Gasteiger partial charge >= 0.3 is 6.01 Å². The fourth-order valence-corrected chi connectivity index (χ4v) is 2.24. The van der Waals surface area contributed by atoms with Crippen LogP contribution in [0.15, 0.2) is 34.7 Å². The van der Waals surface area contributed by atoms with Gasteiger partial charge in [-0.15, -0.1) is 5.10 Å². The Labute approximate surface area is 135 Å². The van der Waals surface area contributed by atoms with Crippen molar-refractivity contribution in [2.24, 2.45) is 0 Å². The van der Waals surface area contributed by atoms with E-state index in [9.17, 15) is 13.2 Å². The zero-order valence-electron chi connectivity index (χ0n) is 12.7. The number of aromatic nitrogens is 2. The third kappa shape index (κ3) is 2.90. The zero-order chi connectivity index (χ0) is 17.3. The van der Waals surface area contributed by atoms with Crippen molar-refractivity contribution in [1.82, 2.24) is 5.10 Å². The van der Waals surface area contributed by atoms with Crippen LogP contribution in [0.3, 0.4) is 0 Å². The summed E-state index contributed by atoms with van der Waals surface area (Å²) >= 11 is 0. The van der Waals surface area contributed by atoms with Crippen molar-refractivity contribution in [2.45, 2.75) is 13.3 Å². The van der Waals surface area contributed by atoms with E-state index in [1.165, 1.54) is 18.2 Å². The molecule has 24 heavy (non-hydrogen) atoms. The summed E-state index contributed by atoms with van der Waals surface area (Å²) in [5.41, 5.74) is 6.00. The average Bonchev–Trinajstić information content (AvgIpc) is 2.99. The summed E-state index contributed by atoms with van der Waals surface area (Å²) in [6.45, 7) is 1.88. The molecule has 0 fully saturated rings. The molecule has 1 heterocycles. The van der Waals surface area contributed by atoms with Gasteiger partial charge in [0.1, 0.15) is 5.82 Å². The maximum Gasteiger partial charge on any atom is 0.472 e. The number of benzene rings is 2. The molecular weight excluding hydrogens is 321 g/mol. The quantitative estimate of drug-likeness (QED) is 0.765. The van der Waals surface area contributed by atoms with E-state index in [0.29, 0.717) is 6.42 Å².